The van der Waals surface area contributed by atoms with Crippen LogP contribution < -0.4 is 9.62 Å². The van der Waals surface area contributed by atoms with E-state index in [4.69, 9.17) is 0 Å². The second-order valence-corrected chi connectivity index (χ2v) is 10.2. The van der Waals surface area contributed by atoms with Gasteiger partial charge in [0.2, 0.25) is 0 Å². The van der Waals surface area contributed by atoms with Crippen LogP contribution in [0.15, 0.2) is 42.6 Å². The second-order valence-electron chi connectivity index (χ2n) is 6.89. The summed E-state index contributed by atoms with van der Waals surface area (Å²) in [5.74, 6) is 0.191. The summed E-state index contributed by atoms with van der Waals surface area (Å²) in [5.41, 5.74) is 0.550. The number of hydrogen-bond acceptors (Lipinski definition) is 8. The van der Waals surface area contributed by atoms with Crippen LogP contribution in [0.2, 0.25) is 0 Å². The van der Waals surface area contributed by atoms with Crippen molar-refractivity contribution in [2.24, 2.45) is 0 Å². The molecule has 0 aliphatic carbocycles. The molecule has 0 bridgehead atoms. The number of hydrogen-bond donors (Lipinski definition) is 4. The highest BCUT2D eigenvalue weighted by atomic mass is 32.3. The third-order valence-electron chi connectivity index (χ3n) is 4.83. The lowest BCUT2D eigenvalue weighted by atomic mass is 10.2. The minimum Gasteiger partial charge on any atom is -0.504 e. The van der Waals surface area contributed by atoms with Gasteiger partial charge >= 0.3 is 0 Å². The first-order valence-corrected chi connectivity index (χ1v) is 12.3. The lowest BCUT2D eigenvalue weighted by Crippen LogP contribution is -2.32. The highest BCUT2D eigenvalue weighted by Crippen LogP contribution is 2.49. The number of thioether (sulfide) groups is 1. The number of amides is 1. The molecule has 3 heterocycles. The normalized spacial score (nSPS) is 17.2. The molecule has 1 aromatic carbocycles. The van der Waals surface area contributed by atoms with E-state index in [-0.39, 0.29) is 35.1 Å². The first kappa shape index (κ1) is 21.6. The molecule has 0 unspecified atom stereocenters. The average Bonchev–Trinajstić information content (AvgIpc) is 2.94. The predicted octanol–water partition coefficient (Wildman–Crippen LogP) is 3.62. The summed E-state index contributed by atoms with van der Waals surface area (Å²) < 4.78 is 35.9. The molecule has 31 heavy (non-hydrogen) atoms. The first-order valence-electron chi connectivity index (χ1n) is 9.48. The van der Waals surface area contributed by atoms with Crippen molar-refractivity contribution in [2.75, 3.05) is 28.1 Å². The Bertz CT molecular complexity index is 1110. The highest BCUT2D eigenvalue weighted by Gasteiger charge is 2.30. The van der Waals surface area contributed by atoms with E-state index in [2.05, 4.69) is 15.3 Å². The van der Waals surface area contributed by atoms with Gasteiger partial charge in [-0.1, -0.05) is 12.1 Å². The van der Waals surface area contributed by atoms with Crippen molar-refractivity contribution < 1.29 is 23.4 Å². The van der Waals surface area contributed by atoms with E-state index in [0.717, 1.165) is 0 Å². The van der Waals surface area contributed by atoms with E-state index in [1.54, 1.807) is 36.0 Å². The lowest BCUT2D eigenvalue weighted by molar-refractivity contribution is 0.0943. The molecule has 1 aliphatic heterocycles. The highest BCUT2D eigenvalue weighted by molar-refractivity contribution is 8.26. The van der Waals surface area contributed by atoms with Crippen LogP contribution in [0.4, 0.5) is 10.2 Å². The number of rotatable bonds is 4. The maximum absolute atomic E-state index is 13.1. The third-order valence-corrected chi connectivity index (χ3v) is 7.86. The van der Waals surface area contributed by atoms with Gasteiger partial charge in [-0.2, -0.15) is 11.8 Å². The largest absolute Gasteiger partial charge is 0.504 e. The van der Waals surface area contributed by atoms with Crippen molar-refractivity contribution in [2.45, 2.75) is 6.54 Å². The van der Waals surface area contributed by atoms with E-state index in [0.29, 0.717) is 29.0 Å². The van der Waals surface area contributed by atoms with Crippen LogP contribution in [0.3, 0.4) is 0 Å². The first-order chi connectivity index (χ1) is 14.9. The van der Waals surface area contributed by atoms with Gasteiger partial charge in [-0.25, -0.2) is 9.37 Å². The zero-order valence-corrected chi connectivity index (χ0v) is 18.0. The topological polar surface area (TPSA) is 119 Å². The standard InChI is InChI=1S/C20H21FN4O4S2/c21-14-5-3-13(4-6-14)12-23-20(27)17-18(26)16-15(2-1-7-22-16)19(24-17)25-8-9-30-10-11-31(25,28)29/h1-7,26,28-29H,8-12H2,(H,23,27). The molecule has 1 saturated heterocycles. The van der Waals surface area contributed by atoms with Gasteiger partial charge < -0.3 is 10.4 Å². The van der Waals surface area contributed by atoms with Gasteiger partial charge in [0.25, 0.3) is 5.91 Å². The Kier molecular flexibility index (Phi) is 6.19. The molecule has 11 heteroatoms. The Labute approximate surface area is 184 Å². The van der Waals surface area contributed by atoms with E-state index < -0.39 is 22.4 Å². The number of aromatic hydroxyl groups is 1. The zero-order chi connectivity index (χ0) is 22.0. The third kappa shape index (κ3) is 4.54. The molecule has 0 radical (unpaired) electrons. The summed E-state index contributed by atoms with van der Waals surface area (Å²) in [6.45, 7) is 0.427. The summed E-state index contributed by atoms with van der Waals surface area (Å²) in [5, 5.41) is 13.8. The molecule has 0 atom stereocenters. The maximum Gasteiger partial charge on any atom is 0.274 e. The molecule has 8 nitrogen and oxygen atoms in total. The van der Waals surface area contributed by atoms with Crippen LogP contribution in [0.5, 0.6) is 5.75 Å². The van der Waals surface area contributed by atoms with Crippen molar-refractivity contribution >= 4 is 45.2 Å². The minimum atomic E-state index is -3.15. The molecule has 1 amide bonds. The van der Waals surface area contributed by atoms with Gasteiger partial charge in [0.1, 0.15) is 11.3 Å². The van der Waals surface area contributed by atoms with E-state index in [1.807, 2.05) is 0 Å². The molecule has 1 fully saturated rings. The number of halogens is 1. The zero-order valence-electron chi connectivity index (χ0n) is 16.4. The van der Waals surface area contributed by atoms with E-state index >= 15 is 0 Å². The van der Waals surface area contributed by atoms with Crippen LogP contribution in [-0.2, 0) is 6.54 Å². The van der Waals surface area contributed by atoms with Gasteiger partial charge in [0.15, 0.2) is 17.3 Å². The van der Waals surface area contributed by atoms with Crippen LogP contribution in [0.1, 0.15) is 16.1 Å². The van der Waals surface area contributed by atoms with Crippen LogP contribution in [0, 0.1) is 5.82 Å². The minimum absolute atomic E-state index is 0.103. The number of benzene rings is 1. The van der Waals surface area contributed by atoms with Crippen molar-refractivity contribution in [3.8, 4) is 5.75 Å². The number of anilines is 1. The SMILES string of the molecule is O=C(NCc1ccc(F)cc1)c1nc(N2CCSCCS2(O)O)c2cccnc2c1O. The summed E-state index contributed by atoms with van der Waals surface area (Å²) >= 11 is 1.60. The fourth-order valence-electron chi connectivity index (χ4n) is 3.24. The fourth-order valence-corrected chi connectivity index (χ4v) is 6.26. The van der Waals surface area contributed by atoms with E-state index in [1.165, 1.54) is 22.6 Å². The summed E-state index contributed by atoms with van der Waals surface area (Å²) in [6, 6.07) is 8.98. The Balaban J connectivity index is 1.73. The Morgan fingerprint density at radius 3 is 2.77 bits per heavy atom. The van der Waals surface area contributed by atoms with Crippen molar-refractivity contribution in [1.82, 2.24) is 15.3 Å². The number of aromatic nitrogens is 2. The van der Waals surface area contributed by atoms with Gasteiger partial charge in [-0.15, -0.1) is 10.8 Å². The number of nitrogens with one attached hydrogen (secondary N) is 1. The van der Waals surface area contributed by atoms with Gasteiger partial charge in [0, 0.05) is 36.2 Å². The van der Waals surface area contributed by atoms with Crippen LogP contribution >= 0.6 is 22.5 Å². The van der Waals surface area contributed by atoms with Gasteiger partial charge in [0.05, 0.1) is 5.75 Å². The van der Waals surface area contributed by atoms with Crippen molar-refractivity contribution in [3.05, 3.63) is 59.7 Å². The number of carbonyl (C=O) groups excluding carboxylic acids is 1. The average molecular weight is 465 g/mol. The molecule has 4 rings (SSSR count). The quantitative estimate of drug-likeness (QED) is 0.462. The summed E-state index contributed by atoms with van der Waals surface area (Å²) in [6.07, 6.45) is 1.47. The molecular weight excluding hydrogens is 443 g/mol. The van der Waals surface area contributed by atoms with Crippen molar-refractivity contribution in [1.29, 1.82) is 0 Å². The smallest absolute Gasteiger partial charge is 0.274 e. The number of fused-ring (bicyclic) bond motifs is 1. The Morgan fingerprint density at radius 1 is 1.23 bits per heavy atom. The fraction of sp³-hybridized carbons (Fsp3) is 0.250. The van der Waals surface area contributed by atoms with Crippen LogP contribution in [-0.4, -0.2) is 53.9 Å². The molecule has 3 aromatic rings. The molecule has 0 saturated carbocycles. The predicted molar refractivity (Wildman–Crippen MR) is 121 cm³/mol. The molecule has 0 spiro atoms. The summed E-state index contributed by atoms with van der Waals surface area (Å²) in [7, 11) is -3.15. The Morgan fingerprint density at radius 2 is 2.00 bits per heavy atom. The maximum atomic E-state index is 13.1. The van der Waals surface area contributed by atoms with Crippen molar-refractivity contribution in [3.63, 3.8) is 0 Å². The number of pyridine rings is 2. The molecule has 164 valence electrons. The van der Waals surface area contributed by atoms with Gasteiger partial charge in [-0.3, -0.25) is 23.2 Å². The summed E-state index contributed by atoms with van der Waals surface area (Å²) in [4.78, 5) is 21.4. The monoisotopic (exact) mass is 464 g/mol. The lowest BCUT2D eigenvalue weighted by Gasteiger charge is -2.42. The molecule has 2 aromatic heterocycles. The van der Waals surface area contributed by atoms with E-state index in [9.17, 15) is 23.4 Å². The van der Waals surface area contributed by atoms with Gasteiger partial charge in [-0.05, 0) is 29.8 Å². The molecular formula is C20H21FN4O4S2. The number of nitrogens with zero attached hydrogens (tertiary/aromatic N) is 3. The number of carbonyl (C=O) groups is 1. The van der Waals surface area contributed by atoms with Crippen LogP contribution in [0.25, 0.3) is 10.9 Å². The Hall–Kier alpha value is -2.60. The molecule has 1 aliphatic rings. The molecule has 4 N–H and O–H groups in total. The second kappa shape index (κ2) is 8.87.